The molecule has 1 amide bonds. The van der Waals surface area contributed by atoms with Gasteiger partial charge in [0.05, 0.1) is 0 Å². The lowest BCUT2D eigenvalue weighted by atomic mass is 10.1. The highest BCUT2D eigenvalue weighted by Crippen LogP contribution is 2.19. The third kappa shape index (κ3) is 6.27. The first kappa shape index (κ1) is 18.2. The molecule has 0 aliphatic carbocycles. The SMILES string of the molecule is CC(Oc1cccc(Br)c1)C(=O)NC(C)(C)CN.Cl. The van der Waals surface area contributed by atoms with Gasteiger partial charge in [0.15, 0.2) is 6.10 Å². The Balaban J connectivity index is 0.00000324. The summed E-state index contributed by atoms with van der Waals surface area (Å²) in [6, 6.07) is 7.38. The zero-order valence-corrected chi connectivity index (χ0v) is 13.7. The molecule has 0 aliphatic rings. The molecule has 0 fully saturated rings. The number of nitrogens with two attached hydrogens (primary N) is 1. The fourth-order valence-corrected chi connectivity index (χ4v) is 1.66. The van der Waals surface area contributed by atoms with E-state index in [1.165, 1.54) is 0 Å². The number of hydrogen-bond acceptors (Lipinski definition) is 3. The van der Waals surface area contributed by atoms with Gasteiger partial charge in [0.2, 0.25) is 0 Å². The molecule has 0 saturated carbocycles. The summed E-state index contributed by atoms with van der Waals surface area (Å²) in [5.41, 5.74) is 5.14. The van der Waals surface area contributed by atoms with Crippen molar-refractivity contribution in [2.24, 2.45) is 5.73 Å². The second kappa shape index (κ2) is 7.72. The lowest BCUT2D eigenvalue weighted by Crippen LogP contribution is -2.52. The number of amides is 1. The zero-order valence-electron chi connectivity index (χ0n) is 11.3. The molecule has 1 rings (SSSR count). The second-order valence-corrected chi connectivity index (χ2v) is 5.71. The van der Waals surface area contributed by atoms with Gasteiger partial charge in [-0.05, 0) is 39.0 Å². The average Bonchev–Trinajstić information content (AvgIpc) is 2.28. The van der Waals surface area contributed by atoms with E-state index in [9.17, 15) is 4.79 Å². The lowest BCUT2D eigenvalue weighted by Gasteiger charge is -2.26. The van der Waals surface area contributed by atoms with Crippen LogP contribution in [0.3, 0.4) is 0 Å². The van der Waals surface area contributed by atoms with Crippen LogP contribution < -0.4 is 15.8 Å². The lowest BCUT2D eigenvalue weighted by molar-refractivity contribution is -0.128. The molecule has 1 unspecified atom stereocenters. The molecule has 0 spiro atoms. The topological polar surface area (TPSA) is 64.3 Å². The molecule has 0 radical (unpaired) electrons. The van der Waals surface area contributed by atoms with E-state index >= 15 is 0 Å². The molecule has 3 N–H and O–H groups in total. The quantitative estimate of drug-likeness (QED) is 0.856. The number of ether oxygens (including phenoxy) is 1. The van der Waals surface area contributed by atoms with Crippen LogP contribution in [0.2, 0.25) is 0 Å². The first-order chi connectivity index (χ1) is 8.34. The fourth-order valence-electron chi connectivity index (χ4n) is 1.28. The molecule has 0 bridgehead atoms. The zero-order chi connectivity index (χ0) is 13.8. The highest BCUT2D eigenvalue weighted by atomic mass is 79.9. The Morgan fingerprint density at radius 3 is 2.68 bits per heavy atom. The van der Waals surface area contributed by atoms with Gasteiger partial charge in [0.25, 0.3) is 5.91 Å². The first-order valence-electron chi connectivity index (χ1n) is 5.78. The summed E-state index contributed by atoms with van der Waals surface area (Å²) >= 11 is 3.35. The number of benzene rings is 1. The molecular weight excluding hydrogens is 332 g/mol. The van der Waals surface area contributed by atoms with Crippen molar-refractivity contribution in [1.29, 1.82) is 0 Å². The number of halogens is 2. The molecule has 1 atom stereocenters. The van der Waals surface area contributed by atoms with Crippen LogP contribution in [0.25, 0.3) is 0 Å². The van der Waals surface area contributed by atoms with Gasteiger partial charge >= 0.3 is 0 Å². The highest BCUT2D eigenvalue weighted by molar-refractivity contribution is 9.10. The van der Waals surface area contributed by atoms with Crippen molar-refractivity contribution in [1.82, 2.24) is 5.32 Å². The maximum atomic E-state index is 11.9. The molecule has 0 aliphatic heterocycles. The summed E-state index contributed by atoms with van der Waals surface area (Å²) in [5.74, 6) is 0.475. The highest BCUT2D eigenvalue weighted by Gasteiger charge is 2.23. The van der Waals surface area contributed by atoms with Gasteiger partial charge in [0.1, 0.15) is 5.75 Å². The number of nitrogens with one attached hydrogen (secondary N) is 1. The van der Waals surface area contributed by atoms with Crippen molar-refractivity contribution < 1.29 is 9.53 Å². The van der Waals surface area contributed by atoms with Gasteiger partial charge in [-0.25, -0.2) is 0 Å². The van der Waals surface area contributed by atoms with E-state index in [4.69, 9.17) is 10.5 Å². The first-order valence-corrected chi connectivity index (χ1v) is 6.58. The monoisotopic (exact) mass is 350 g/mol. The van der Waals surface area contributed by atoms with Crippen LogP contribution in [0.4, 0.5) is 0 Å². The number of carbonyl (C=O) groups excluding carboxylic acids is 1. The van der Waals surface area contributed by atoms with Crippen molar-refractivity contribution in [2.45, 2.75) is 32.4 Å². The van der Waals surface area contributed by atoms with E-state index in [-0.39, 0.29) is 18.3 Å². The van der Waals surface area contributed by atoms with Crippen molar-refractivity contribution >= 4 is 34.2 Å². The summed E-state index contributed by atoms with van der Waals surface area (Å²) in [5, 5.41) is 2.84. The van der Waals surface area contributed by atoms with Gasteiger partial charge in [0, 0.05) is 16.6 Å². The van der Waals surface area contributed by atoms with Crippen LogP contribution in [0.5, 0.6) is 5.75 Å². The molecule has 0 aromatic heterocycles. The van der Waals surface area contributed by atoms with E-state index in [0.29, 0.717) is 12.3 Å². The largest absolute Gasteiger partial charge is 0.481 e. The Morgan fingerprint density at radius 2 is 2.16 bits per heavy atom. The molecule has 108 valence electrons. The van der Waals surface area contributed by atoms with E-state index < -0.39 is 11.6 Å². The minimum atomic E-state index is -0.565. The number of rotatable bonds is 5. The van der Waals surface area contributed by atoms with Crippen molar-refractivity contribution in [3.8, 4) is 5.75 Å². The third-order valence-electron chi connectivity index (χ3n) is 2.45. The van der Waals surface area contributed by atoms with E-state index in [1.807, 2.05) is 38.1 Å². The third-order valence-corrected chi connectivity index (χ3v) is 2.94. The van der Waals surface area contributed by atoms with Gasteiger partial charge in [-0.15, -0.1) is 12.4 Å². The van der Waals surface area contributed by atoms with Crippen LogP contribution in [0.1, 0.15) is 20.8 Å². The average molecular weight is 352 g/mol. The number of carbonyl (C=O) groups is 1. The van der Waals surface area contributed by atoms with Gasteiger partial charge in [-0.3, -0.25) is 4.79 Å². The Morgan fingerprint density at radius 1 is 1.53 bits per heavy atom. The minimum Gasteiger partial charge on any atom is -0.481 e. The molecule has 0 heterocycles. The summed E-state index contributed by atoms with van der Waals surface area (Å²) in [6.45, 7) is 5.83. The Kier molecular flexibility index (Phi) is 7.41. The smallest absolute Gasteiger partial charge is 0.261 e. The van der Waals surface area contributed by atoms with Crippen LogP contribution in [0, 0.1) is 0 Å². The van der Waals surface area contributed by atoms with Crippen LogP contribution in [-0.2, 0) is 4.79 Å². The molecule has 4 nitrogen and oxygen atoms in total. The fraction of sp³-hybridized carbons (Fsp3) is 0.462. The number of hydrogen-bond donors (Lipinski definition) is 2. The van der Waals surface area contributed by atoms with Crippen molar-refractivity contribution in [3.05, 3.63) is 28.7 Å². The van der Waals surface area contributed by atoms with Crippen LogP contribution in [0.15, 0.2) is 28.7 Å². The molecule has 1 aromatic carbocycles. The van der Waals surface area contributed by atoms with E-state index in [2.05, 4.69) is 21.2 Å². The normalized spacial score (nSPS) is 12.3. The summed E-state index contributed by atoms with van der Waals surface area (Å²) in [4.78, 5) is 11.9. The van der Waals surface area contributed by atoms with Crippen LogP contribution >= 0.6 is 28.3 Å². The minimum absolute atomic E-state index is 0. The maximum absolute atomic E-state index is 11.9. The van der Waals surface area contributed by atoms with E-state index in [0.717, 1.165) is 4.47 Å². The molecular formula is C13H20BrClN2O2. The summed E-state index contributed by atoms with van der Waals surface area (Å²) < 4.78 is 6.48. The van der Waals surface area contributed by atoms with Crippen molar-refractivity contribution in [2.75, 3.05) is 6.54 Å². The van der Waals surface area contributed by atoms with Gasteiger partial charge < -0.3 is 15.8 Å². The standard InChI is InChI=1S/C13H19BrN2O2.ClH/c1-9(12(17)16-13(2,3)8-15)18-11-6-4-5-10(14)7-11;/h4-7,9H,8,15H2,1-3H3,(H,16,17);1H. The predicted octanol–water partition coefficient (Wildman–Crippen LogP) is 2.49. The maximum Gasteiger partial charge on any atom is 0.261 e. The Bertz CT molecular complexity index is 427. The molecule has 1 aromatic rings. The van der Waals surface area contributed by atoms with Crippen molar-refractivity contribution in [3.63, 3.8) is 0 Å². The van der Waals surface area contributed by atoms with E-state index in [1.54, 1.807) is 6.92 Å². The summed E-state index contributed by atoms with van der Waals surface area (Å²) in [6.07, 6.45) is -0.565. The van der Waals surface area contributed by atoms with Gasteiger partial charge in [-0.2, -0.15) is 0 Å². The van der Waals surface area contributed by atoms with Crippen LogP contribution in [-0.4, -0.2) is 24.1 Å². The molecule has 19 heavy (non-hydrogen) atoms. The molecule has 6 heteroatoms. The summed E-state index contributed by atoms with van der Waals surface area (Å²) in [7, 11) is 0. The molecule has 0 saturated heterocycles. The second-order valence-electron chi connectivity index (χ2n) is 4.79. The Labute approximate surface area is 128 Å². The van der Waals surface area contributed by atoms with Gasteiger partial charge in [-0.1, -0.05) is 22.0 Å². The Hall–Kier alpha value is -0.780. The predicted molar refractivity (Wildman–Crippen MR) is 82.8 cm³/mol.